The van der Waals surface area contributed by atoms with Crippen molar-refractivity contribution in [1.82, 2.24) is 15.2 Å². The molecule has 3 N–H and O–H groups in total. The molecule has 0 radical (unpaired) electrons. The van der Waals surface area contributed by atoms with Crippen molar-refractivity contribution in [3.8, 4) is 0 Å². The van der Waals surface area contributed by atoms with E-state index in [0.717, 1.165) is 16.5 Å². The number of nitrogens with one attached hydrogen (secondary N) is 2. The summed E-state index contributed by atoms with van der Waals surface area (Å²) in [6.07, 6.45) is 3.13. The average Bonchev–Trinajstić information content (AvgIpc) is 3.04. The molecular weight excluding hydrogens is 334 g/mol. The number of fused-ring (bicyclic) bond motifs is 1. The molecule has 3 rings (SSSR count). The van der Waals surface area contributed by atoms with Gasteiger partial charge in [0, 0.05) is 49.5 Å². The van der Waals surface area contributed by atoms with Gasteiger partial charge >= 0.3 is 5.97 Å². The predicted molar refractivity (Wildman–Crippen MR) is 96.5 cm³/mol. The van der Waals surface area contributed by atoms with E-state index in [9.17, 15) is 19.5 Å². The van der Waals surface area contributed by atoms with E-state index in [-0.39, 0.29) is 24.2 Å². The molecule has 1 aliphatic rings. The Balaban J connectivity index is 1.64. The zero-order valence-electron chi connectivity index (χ0n) is 14.7. The van der Waals surface area contributed by atoms with Crippen LogP contribution in [-0.2, 0) is 20.8 Å². The Bertz CT molecular complexity index is 821. The molecule has 0 aliphatic carbocycles. The molecule has 1 saturated heterocycles. The van der Waals surface area contributed by atoms with Crippen LogP contribution in [0.3, 0.4) is 0 Å². The van der Waals surface area contributed by atoms with Gasteiger partial charge in [-0.05, 0) is 24.5 Å². The molecule has 0 bridgehead atoms. The minimum Gasteiger partial charge on any atom is -0.480 e. The standard InChI is InChI=1S/C19H23N3O4/c1-12(23)22-8-6-13(7-9-22)18(24)21-17(19(25)26)10-14-11-20-16-5-3-2-4-15(14)16/h2-5,11,13,17,20H,6-10H2,1H3,(H,21,24)(H,25,26). The molecule has 0 spiro atoms. The third kappa shape index (κ3) is 3.87. The van der Waals surface area contributed by atoms with Crippen LogP contribution in [0, 0.1) is 5.92 Å². The highest BCUT2D eigenvalue weighted by Crippen LogP contribution is 2.21. The lowest BCUT2D eigenvalue weighted by molar-refractivity contribution is -0.142. The van der Waals surface area contributed by atoms with Crippen LogP contribution in [0.4, 0.5) is 0 Å². The fraction of sp³-hybridized carbons (Fsp3) is 0.421. The smallest absolute Gasteiger partial charge is 0.326 e. The lowest BCUT2D eigenvalue weighted by atomic mass is 9.95. The lowest BCUT2D eigenvalue weighted by Gasteiger charge is -2.31. The van der Waals surface area contributed by atoms with E-state index < -0.39 is 12.0 Å². The number of benzene rings is 1. The molecule has 2 aromatic rings. The minimum atomic E-state index is -1.05. The molecule has 2 heterocycles. The van der Waals surface area contributed by atoms with Crippen molar-refractivity contribution in [3.05, 3.63) is 36.0 Å². The maximum atomic E-state index is 12.5. The molecule has 138 valence electrons. The summed E-state index contributed by atoms with van der Waals surface area (Å²) in [6.45, 7) is 2.59. The third-order valence-electron chi connectivity index (χ3n) is 5.02. The highest BCUT2D eigenvalue weighted by atomic mass is 16.4. The van der Waals surface area contributed by atoms with Crippen LogP contribution < -0.4 is 5.32 Å². The quantitative estimate of drug-likeness (QED) is 0.755. The van der Waals surface area contributed by atoms with Crippen LogP contribution >= 0.6 is 0 Å². The molecule has 1 aliphatic heterocycles. The number of carboxylic acids is 1. The van der Waals surface area contributed by atoms with Crippen LogP contribution in [0.2, 0.25) is 0 Å². The van der Waals surface area contributed by atoms with E-state index in [4.69, 9.17) is 0 Å². The number of hydrogen-bond donors (Lipinski definition) is 3. The van der Waals surface area contributed by atoms with Gasteiger partial charge < -0.3 is 20.3 Å². The van der Waals surface area contributed by atoms with Crippen molar-refractivity contribution in [3.63, 3.8) is 0 Å². The number of carbonyl (C=O) groups is 3. The Hall–Kier alpha value is -2.83. The number of amides is 2. The normalized spacial score (nSPS) is 16.4. The molecule has 1 fully saturated rings. The Labute approximate surface area is 151 Å². The molecular formula is C19H23N3O4. The minimum absolute atomic E-state index is 0.00612. The van der Waals surface area contributed by atoms with Gasteiger partial charge in [0.25, 0.3) is 0 Å². The number of aromatic nitrogens is 1. The number of para-hydroxylation sites is 1. The summed E-state index contributed by atoms with van der Waals surface area (Å²) < 4.78 is 0. The number of nitrogens with zero attached hydrogens (tertiary/aromatic N) is 1. The van der Waals surface area contributed by atoms with Crippen molar-refractivity contribution in [2.45, 2.75) is 32.2 Å². The summed E-state index contributed by atoms with van der Waals surface area (Å²) >= 11 is 0. The predicted octanol–water partition coefficient (Wildman–Crippen LogP) is 1.54. The van der Waals surface area contributed by atoms with E-state index in [2.05, 4.69) is 10.3 Å². The van der Waals surface area contributed by atoms with Crippen molar-refractivity contribution >= 4 is 28.7 Å². The zero-order chi connectivity index (χ0) is 18.7. The van der Waals surface area contributed by atoms with E-state index in [1.807, 2.05) is 24.3 Å². The highest BCUT2D eigenvalue weighted by Gasteiger charge is 2.29. The van der Waals surface area contributed by atoms with Crippen LogP contribution in [0.1, 0.15) is 25.3 Å². The monoisotopic (exact) mass is 357 g/mol. The molecule has 7 nitrogen and oxygen atoms in total. The second-order valence-corrected chi connectivity index (χ2v) is 6.74. The van der Waals surface area contributed by atoms with E-state index in [1.54, 1.807) is 11.1 Å². The average molecular weight is 357 g/mol. The van der Waals surface area contributed by atoms with Crippen molar-refractivity contribution in [2.75, 3.05) is 13.1 Å². The van der Waals surface area contributed by atoms with Crippen LogP contribution in [-0.4, -0.2) is 51.9 Å². The lowest BCUT2D eigenvalue weighted by Crippen LogP contribution is -2.48. The van der Waals surface area contributed by atoms with Gasteiger partial charge in [-0.1, -0.05) is 18.2 Å². The number of aliphatic carboxylic acids is 1. The maximum Gasteiger partial charge on any atom is 0.326 e. The first-order valence-corrected chi connectivity index (χ1v) is 8.79. The van der Waals surface area contributed by atoms with Crippen LogP contribution in [0.5, 0.6) is 0 Å². The molecule has 1 aromatic carbocycles. The largest absolute Gasteiger partial charge is 0.480 e. The van der Waals surface area contributed by atoms with Crippen LogP contribution in [0.25, 0.3) is 10.9 Å². The third-order valence-corrected chi connectivity index (χ3v) is 5.02. The summed E-state index contributed by atoms with van der Waals surface area (Å²) in [5.41, 5.74) is 1.80. The van der Waals surface area contributed by atoms with E-state index in [1.165, 1.54) is 6.92 Å². The second kappa shape index (κ2) is 7.59. The number of aromatic amines is 1. The Morgan fingerprint density at radius 3 is 2.62 bits per heavy atom. The number of likely N-dealkylation sites (tertiary alicyclic amines) is 1. The van der Waals surface area contributed by atoms with Crippen molar-refractivity contribution in [2.24, 2.45) is 5.92 Å². The topological polar surface area (TPSA) is 103 Å². The fourth-order valence-electron chi connectivity index (χ4n) is 3.47. The van der Waals surface area contributed by atoms with Gasteiger partial charge in [0.05, 0.1) is 0 Å². The summed E-state index contributed by atoms with van der Waals surface area (Å²) in [5.74, 6) is -1.55. The highest BCUT2D eigenvalue weighted by molar-refractivity contribution is 5.87. The molecule has 1 unspecified atom stereocenters. The van der Waals surface area contributed by atoms with Crippen molar-refractivity contribution in [1.29, 1.82) is 0 Å². The first-order valence-electron chi connectivity index (χ1n) is 8.79. The SMILES string of the molecule is CC(=O)N1CCC(C(=O)NC(Cc2c[nH]c3ccccc23)C(=O)O)CC1. The maximum absolute atomic E-state index is 12.5. The fourth-order valence-corrected chi connectivity index (χ4v) is 3.47. The molecule has 0 saturated carbocycles. The van der Waals surface area contributed by atoms with Crippen molar-refractivity contribution < 1.29 is 19.5 Å². The zero-order valence-corrected chi connectivity index (χ0v) is 14.7. The first-order chi connectivity index (χ1) is 12.5. The summed E-state index contributed by atoms with van der Waals surface area (Å²) in [5, 5.41) is 13.2. The van der Waals surface area contributed by atoms with Gasteiger partial charge in [0.1, 0.15) is 6.04 Å². The number of piperidine rings is 1. The summed E-state index contributed by atoms with van der Waals surface area (Å²) in [6, 6.07) is 6.69. The van der Waals surface area contributed by atoms with Gasteiger partial charge in [-0.25, -0.2) is 4.79 Å². The Kier molecular flexibility index (Phi) is 5.25. The van der Waals surface area contributed by atoms with Gasteiger partial charge in [-0.2, -0.15) is 0 Å². The number of carboxylic acid groups (broad SMARTS) is 1. The van der Waals surface area contributed by atoms with Crippen LogP contribution in [0.15, 0.2) is 30.5 Å². The molecule has 1 atom stereocenters. The van der Waals surface area contributed by atoms with Gasteiger partial charge in [-0.3, -0.25) is 9.59 Å². The molecule has 7 heteroatoms. The first kappa shape index (κ1) is 18.0. The number of hydrogen-bond acceptors (Lipinski definition) is 3. The van der Waals surface area contributed by atoms with Gasteiger partial charge in [-0.15, -0.1) is 0 Å². The Morgan fingerprint density at radius 2 is 1.96 bits per heavy atom. The number of carbonyl (C=O) groups excluding carboxylic acids is 2. The summed E-state index contributed by atoms with van der Waals surface area (Å²) in [7, 11) is 0. The number of rotatable bonds is 5. The molecule has 26 heavy (non-hydrogen) atoms. The molecule has 1 aromatic heterocycles. The van der Waals surface area contributed by atoms with E-state index >= 15 is 0 Å². The summed E-state index contributed by atoms with van der Waals surface area (Å²) in [4.78, 5) is 40.3. The second-order valence-electron chi connectivity index (χ2n) is 6.74. The van der Waals surface area contributed by atoms with E-state index in [0.29, 0.717) is 25.9 Å². The number of H-pyrrole nitrogens is 1. The molecule has 2 amide bonds. The van der Waals surface area contributed by atoms with Gasteiger partial charge in [0.15, 0.2) is 0 Å². The van der Waals surface area contributed by atoms with Gasteiger partial charge in [0.2, 0.25) is 11.8 Å². The Morgan fingerprint density at radius 1 is 1.27 bits per heavy atom.